The van der Waals surface area contributed by atoms with Gasteiger partial charge in [0, 0.05) is 42.0 Å². The van der Waals surface area contributed by atoms with Crippen molar-refractivity contribution in [3.63, 3.8) is 0 Å². The lowest BCUT2D eigenvalue weighted by Gasteiger charge is -2.35. The van der Waals surface area contributed by atoms with Crippen molar-refractivity contribution in [1.82, 2.24) is 14.8 Å². The van der Waals surface area contributed by atoms with Crippen LogP contribution < -0.4 is 5.32 Å². The van der Waals surface area contributed by atoms with Crippen LogP contribution in [0.15, 0.2) is 36.4 Å². The van der Waals surface area contributed by atoms with Gasteiger partial charge in [0.15, 0.2) is 0 Å². The van der Waals surface area contributed by atoms with E-state index in [1.165, 1.54) is 0 Å². The Labute approximate surface area is 212 Å². The molecule has 8 nitrogen and oxygen atoms in total. The molecule has 1 aromatic heterocycles. The van der Waals surface area contributed by atoms with Gasteiger partial charge in [-0.3, -0.25) is 13.8 Å². The average Bonchev–Trinajstić information content (AvgIpc) is 3.54. The van der Waals surface area contributed by atoms with E-state index < -0.39 is 33.0 Å². The van der Waals surface area contributed by atoms with Gasteiger partial charge >= 0.3 is 0 Å². The van der Waals surface area contributed by atoms with Crippen LogP contribution in [0.5, 0.6) is 0 Å². The van der Waals surface area contributed by atoms with E-state index in [4.69, 9.17) is 11.6 Å². The number of rotatable bonds is 9. The standard InChI is InChI=1S/C25H32ClN3O5S/c1-24(2,21(31)15-30)35(34)25(10-11-25)16-28-12-3-13-29-19(8-9-20(29)23(28)33)22(32)27-14-17-4-6-18(26)7-5-17/h4-9,21,30-31H,3,10-16H2,1-2H3,(H,27,32). The van der Waals surface area contributed by atoms with Crippen LogP contribution in [0.3, 0.4) is 0 Å². The molecular formula is C25H32ClN3O5S. The Bertz CT molecular complexity index is 1130. The second kappa shape index (κ2) is 10.0. The highest BCUT2D eigenvalue weighted by Gasteiger charge is 2.56. The molecule has 1 saturated carbocycles. The Hall–Kier alpha value is -2.20. The van der Waals surface area contributed by atoms with E-state index in [9.17, 15) is 24.0 Å². The molecule has 35 heavy (non-hydrogen) atoms. The monoisotopic (exact) mass is 521 g/mol. The first-order chi connectivity index (χ1) is 16.6. The molecular weight excluding hydrogens is 490 g/mol. The maximum atomic E-state index is 13.4. The lowest BCUT2D eigenvalue weighted by Crippen LogP contribution is -2.51. The Morgan fingerprint density at radius 3 is 2.51 bits per heavy atom. The largest absolute Gasteiger partial charge is 0.394 e. The van der Waals surface area contributed by atoms with Gasteiger partial charge in [-0.1, -0.05) is 23.7 Å². The van der Waals surface area contributed by atoms with Gasteiger partial charge in [0.25, 0.3) is 11.8 Å². The molecule has 4 rings (SSSR count). The van der Waals surface area contributed by atoms with E-state index in [1.54, 1.807) is 47.6 Å². The van der Waals surface area contributed by atoms with Crippen LogP contribution in [0.1, 0.15) is 59.7 Å². The molecule has 1 fully saturated rings. The van der Waals surface area contributed by atoms with Crippen LogP contribution >= 0.6 is 11.6 Å². The maximum Gasteiger partial charge on any atom is 0.270 e. The number of carbonyl (C=O) groups is 2. The smallest absolute Gasteiger partial charge is 0.270 e. The van der Waals surface area contributed by atoms with Gasteiger partial charge in [0.05, 0.1) is 22.2 Å². The Morgan fingerprint density at radius 2 is 1.89 bits per heavy atom. The number of nitrogens with zero attached hydrogens (tertiary/aromatic N) is 2. The van der Waals surface area contributed by atoms with E-state index in [0.29, 0.717) is 61.9 Å². The summed E-state index contributed by atoms with van der Waals surface area (Å²) in [5.74, 6) is -0.449. The second-order valence-electron chi connectivity index (χ2n) is 9.90. The average molecular weight is 522 g/mol. The summed E-state index contributed by atoms with van der Waals surface area (Å²) in [7, 11) is -1.45. The molecule has 3 N–H and O–H groups in total. The van der Waals surface area contributed by atoms with E-state index in [2.05, 4.69) is 5.32 Å². The van der Waals surface area contributed by atoms with Crippen LogP contribution in [0.4, 0.5) is 0 Å². The molecule has 2 atom stereocenters. The molecule has 2 amide bonds. The van der Waals surface area contributed by atoms with Crippen molar-refractivity contribution in [3.8, 4) is 0 Å². The summed E-state index contributed by atoms with van der Waals surface area (Å²) in [6.07, 6.45) is 0.956. The first-order valence-electron chi connectivity index (χ1n) is 11.8. The van der Waals surface area contributed by atoms with Crippen molar-refractivity contribution in [2.45, 2.75) is 61.8 Å². The summed E-state index contributed by atoms with van der Waals surface area (Å²) in [5, 5.41) is 23.1. The van der Waals surface area contributed by atoms with Crippen molar-refractivity contribution >= 4 is 34.2 Å². The van der Waals surface area contributed by atoms with Crippen LogP contribution in [-0.4, -0.2) is 71.0 Å². The summed E-state index contributed by atoms with van der Waals surface area (Å²) in [6.45, 7) is 4.60. The molecule has 1 aromatic carbocycles. The minimum Gasteiger partial charge on any atom is -0.394 e. The number of amides is 2. The van der Waals surface area contributed by atoms with E-state index in [-0.39, 0.29) is 11.8 Å². The summed E-state index contributed by atoms with van der Waals surface area (Å²) >= 11 is 5.92. The number of aliphatic hydroxyl groups excluding tert-OH is 2. The highest BCUT2D eigenvalue weighted by Crippen LogP contribution is 2.47. The number of halogens is 1. The molecule has 1 aliphatic heterocycles. The van der Waals surface area contributed by atoms with Gasteiger partial charge in [-0.2, -0.15) is 0 Å². The Morgan fingerprint density at radius 1 is 1.20 bits per heavy atom. The van der Waals surface area contributed by atoms with Crippen LogP contribution in [-0.2, 0) is 23.9 Å². The van der Waals surface area contributed by atoms with E-state index >= 15 is 0 Å². The number of aromatic nitrogens is 1. The number of nitrogens with one attached hydrogen (secondary N) is 1. The lowest BCUT2D eigenvalue weighted by atomic mass is 10.1. The van der Waals surface area contributed by atoms with Crippen molar-refractivity contribution in [3.05, 3.63) is 58.4 Å². The minimum atomic E-state index is -1.45. The summed E-state index contributed by atoms with van der Waals surface area (Å²) < 4.78 is 13.6. The van der Waals surface area contributed by atoms with Crippen LogP contribution in [0.2, 0.25) is 5.02 Å². The van der Waals surface area contributed by atoms with Gasteiger partial charge in [0.2, 0.25) is 0 Å². The van der Waals surface area contributed by atoms with Crippen molar-refractivity contribution in [2.24, 2.45) is 0 Å². The zero-order valence-electron chi connectivity index (χ0n) is 20.0. The molecule has 0 bridgehead atoms. The summed E-state index contributed by atoms with van der Waals surface area (Å²) in [6, 6.07) is 10.6. The van der Waals surface area contributed by atoms with Crippen molar-refractivity contribution in [2.75, 3.05) is 19.7 Å². The number of fused-ring (bicyclic) bond motifs is 1. The van der Waals surface area contributed by atoms with Gasteiger partial charge in [-0.25, -0.2) is 0 Å². The molecule has 2 aromatic rings. The third kappa shape index (κ3) is 5.18. The van der Waals surface area contributed by atoms with Gasteiger partial charge in [-0.05, 0) is 62.9 Å². The molecule has 1 aliphatic carbocycles. The second-order valence-corrected chi connectivity index (χ2v) is 12.8. The van der Waals surface area contributed by atoms with Crippen molar-refractivity contribution in [1.29, 1.82) is 0 Å². The first-order valence-corrected chi connectivity index (χ1v) is 13.3. The molecule has 0 saturated heterocycles. The number of benzene rings is 1. The van der Waals surface area contributed by atoms with Gasteiger partial charge < -0.3 is 25.0 Å². The predicted octanol–water partition coefficient (Wildman–Crippen LogP) is 2.33. The number of carbonyl (C=O) groups excluding carboxylic acids is 2. The predicted molar refractivity (Wildman–Crippen MR) is 135 cm³/mol. The molecule has 10 heteroatoms. The topological polar surface area (TPSA) is 112 Å². The van der Waals surface area contributed by atoms with E-state index in [1.807, 2.05) is 12.1 Å². The first kappa shape index (κ1) is 25.9. The van der Waals surface area contributed by atoms with Gasteiger partial charge in [0.1, 0.15) is 11.4 Å². The zero-order chi connectivity index (χ0) is 25.4. The fraction of sp³-hybridized carbons (Fsp3) is 0.520. The number of hydrogen-bond acceptors (Lipinski definition) is 5. The normalized spacial score (nSPS) is 19.0. The molecule has 0 radical (unpaired) electrons. The summed E-state index contributed by atoms with van der Waals surface area (Å²) in [5.41, 5.74) is 1.79. The number of hydrogen-bond donors (Lipinski definition) is 3. The van der Waals surface area contributed by atoms with Crippen LogP contribution in [0.25, 0.3) is 0 Å². The molecule has 2 unspecified atom stereocenters. The minimum absolute atomic E-state index is 0.192. The third-order valence-corrected chi connectivity index (χ3v) is 9.83. The molecule has 0 spiro atoms. The fourth-order valence-corrected chi connectivity index (χ4v) is 6.90. The van der Waals surface area contributed by atoms with Crippen molar-refractivity contribution < 1.29 is 24.0 Å². The van der Waals surface area contributed by atoms with Gasteiger partial charge in [-0.15, -0.1) is 0 Å². The third-order valence-electron chi connectivity index (χ3n) is 7.03. The van der Waals surface area contributed by atoms with E-state index in [0.717, 1.165) is 5.56 Å². The SMILES string of the molecule is CC(C)(C(O)CO)S(=O)C1(CN2CCCn3c(C(=O)NCc4ccc(Cl)cc4)ccc3C2=O)CC1. The summed E-state index contributed by atoms with van der Waals surface area (Å²) in [4.78, 5) is 28.0. The molecule has 2 heterocycles. The Balaban J connectivity index is 1.47. The zero-order valence-corrected chi connectivity index (χ0v) is 21.6. The quantitative estimate of drug-likeness (QED) is 0.469. The fourth-order valence-electron chi connectivity index (χ4n) is 4.59. The number of aliphatic hydroxyl groups is 2. The lowest BCUT2D eigenvalue weighted by molar-refractivity contribution is 0.0695. The molecule has 190 valence electrons. The molecule has 2 aliphatic rings. The highest BCUT2D eigenvalue weighted by atomic mass is 35.5. The Kier molecular flexibility index (Phi) is 7.43. The highest BCUT2D eigenvalue weighted by molar-refractivity contribution is 7.88. The maximum absolute atomic E-state index is 13.4. The van der Waals surface area contributed by atoms with Crippen LogP contribution in [0, 0.1) is 0 Å².